The molecule has 0 spiro atoms. The summed E-state index contributed by atoms with van der Waals surface area (Å²) in [6.07, 6.45) is 0.589. The van der Waals surface area contributed by atoms with Crippen molar-refractivity contribution >= 4 is 5.97 Å². The van der Waals surface area contributed by atoms with Gasteiger partial charge in [0.2, 0.25) is 0 Å². The second-order valence-corrected chi connectivity index (χ2v) is 3.78. The predicted molar refractivity (Wildman–Crippen MR) is 63.1 cm³/mol. The van der Waals surface area contributed by atoms with Crippen LogP contribution < -0.4 is 0 Å². The fourth-order valence-electron chi connectivity index (χ4n) is 1.09. The van der Waals surface area contributed by atoms with Gasteiger partial charge in [-0.3, -0.25) is 4.89 Å². The first-order valence-electron chi connectivity index (χ1n) is 5.42. The normalized spacial score (nSPS) is 12.2. The minimum absolute atomic E-state index is 0.0353. The Labute approximate surface area is 101 Å². The lowest BCUT2D eigenvalue weighted by atomic mass is 10.2. The molecule has 1 radical (unpaired) electrons. The Morgan fingerprint density at radius 1 is 1.35 bits per heavy atom. The first-order valence-corrected chi connectivity index (χ1v) is 5.42. The fraction of sp³-hybridized carbons (Fsp3) is 0.385. The van der Waals surface area contributed by atoms with E-state index in [0.29, 0.717) is 12.0 Å². The molecule has 1 atom stereocenters. The smallest absolute Gasteiger partial charge is 0.373 e. The molecule has 93 valence electrons. The van der Waals surface area contributed by atoms with Crippen molar-refractivity contribution in [2.24, 2.45) is 0 Å². The van der Waals surface area contributed by atoms with Gasteiger partial charge in [0.05, 0.1) is 11.7 Å². The summed E-state index contributed by atoms with van der Waals surface area (Å²) in [5, 5.41) is 0. The van der Waals surface area contributed by atoms with Crippen molar-refractivity contribution in [1.82, 2.24) is 0 Å². The zero-order valence-corrected chi connectivity index (χ0v) is 10.3. The maximum absolute atomic E-state index is 11.5. The zero-order chi connectivity index (χ0) is 12.7. The van der Waals surface area contributed by atoms with Gasteiger partial charge < -0.3 is 4.74 Å². The predicted octanol–water partition coefficient (Wildman–Crippen LogP) is 2.67. The van der Waals surface area contributed by atoms with Crippen molar-refractivity contribution in [3.63, 3.8) is 0 Å². The molecule has 0 saturated carbocycles. The standard InChI is InChI=1S/C13H17O4/c1-10-4-6-12(7-5-10)13(14)17-16-9-8-11(2)15-3/h4-7,9,11H,8H2,1-3H3. The minimum atomic E-state index is -0.508. The van der Waals surface area contributed by atoms with Crippen LogP contribution in [0.5, 0.6) is 0 Å². The number of ether oxygens (including phenoxy) is 1. The summed E-state index contributed by atoms with van der Waals surface area (Å²) in [5.74, 6) is -0.508. The second-order valence-electron chi connectivity index (χ2n) is 3.78. The van der Waals surface area contributed by atoms with E-state index in [2.05, 4.69) is 4.89 Å². The molecule has 0 aliphatic rings. The number of carbonyl (C=O) groups excluding carboxylic acids is 1. The number of carbonyl (C=O) groups is 1. The van der Waals surface area contributed by atoms with Crippen LogP contribution in [0.1, 0.15) is 29.3 Å². The Morgan fingerprint density at radius 3 is 2.59 bits per heavy atom. The molecule has 17 heavy (non-hydrogen) atoms. The minimum Gasteiger partial charge on any atom is -0.382 e. The van der Waals surface area contributed by atoms with Crippen LogP contribution in [-0.2, 0) is 14.5 Å². The first kappa shape index (κ1) is 13.7. The van der Waals surface area contributed by atoms with Crippen molar-refractivity contribution in [2.75, 3.05) is 7.11 Å². The summed E-state index contributed by atoms with van der Waals surface area (Å²) >= 11 is 0. The first-order chi connectivity index (χ1) is 8.13. The summed E-state index contributed by atoms with van der Waals surface area (Å²) < 4.78 is 5.00. The lowest BCUT2D eigenvalue weighted by Gasteiger charge is -2.08. The van der Waals surface area contributed by atoms with Gasteiger partial charge in [-0.2, -0.15) is 4.89 Å². The van der Waals surface area contributed by atoms with E-state index in [9.17, 15) is 4.79 Å². The Bertz CT molecular complexity index is 345. The Hall–Kier alpha value is -1.39. The van der Waals surface area contributed by atoms with Crippen LogP contribution in [0, 0.1) is 13.5 Å². The van der Waals surface area contributed by atoms with E-state index in [-0.39, 0.29) is 6.10 Å². The maximum Gasteiger partial charge on any atom is 0.373 e. The van der Waals surface area contributed by atoms with Gasteiger partial charge in [0.25, 0.3) is 0 Å². The Balaban J connectivity index is 2.28. The third-order valence-electron chi connectivity index (χ3n) is 2.31. The third-order valence-corrected chi connectivity index (χ3v) is 2.31. The van der Waals surface area contributed by atoms with Crippen LogP contribution >= 0.6 is 0 Å². The van der Waals surface area contributed by atoms with Gasteiger partial charge in [-0.15, -0.1) is 0 Å². The number of hydrogen-bond acceptors (Lipinski definition) is 4. The molecule has 0 fully saturated rings. The van der Waals surface area contributed by atoms with Gasteiger partial charge in [0.15, 0.2) is 0 Å². The topological polar surface area (TPSA) is 44.8 Å². The lowest BCUT2D eigenvalue weighted by Crippen LogP contribution is -2.09. The van der Waals surface area contributed by atoms with Gasteiger partial charge in [-0.05, 0) is 26.0 Å². The van der Waals surface area contributed by atoms with E-state index in [1.165, 1.54) is 6.61 Å². The molecule has 0 heterocycles. The van der Waals surface area contributed by atoms with Crippen molar-refractivity contribution in [3.8, 4) is 0 Å². The van der Waals surface area contributed by atoms with Gasteiger partial charge >= 0.3 is 5.97 Å². The number of hydrogen-bond donors (Lipinski definition) is 0. The van der Waals surface area contributed by atoms with Gasteiger partial charge in [-0.1, -0.05) is 17.7 Å². The van der Waals surface area contributed by atoms with E-state index in [1.54, 1.807) is 19.2 Å². The van der Waals surface area contributed by atoms with Crippen LogP contribution in [0.3, 0.4) is 0 Å². The Kier molecular flexibility index (Phi) is 5.66. The molecular weight excluding hydrogens is 220 g/mol. The molecule has 1 aromatic rings. The molecule has 1 unspecified atom stereocenters. The number of benzene rings is 1. The summed E-state index contributed by atoms with van der Waals surface area (Å²) in [6, 6.07) is 7.07. The Morgan fingerprint density at radius 2 is 2.00 bits per heavy atom. The molecule has 0 saturated heterocycles. The average molecular weight is 237 g/mol. The number of aryl methyl sites for hydroxylation is 1. The van der Waals surface area contributed by atoms with Crippen LogP contribution in [0.2, 0.25) is 0 Å². The van der Waals surface area contributed by atoms with E-state index >= 15 is 0 Å². The molecule has 1 rings (SSSR count). The van der Waals surface area contributed by atoms with Crippen molar-refractivity contribution < 1.29 is 19.3 Å². The van der Waals surface area contributed by atoms with Gasteiger partial charge in [0.1, 0.15) is 6.61 Å². The van der Waals surface area contributed by atoms with Crippen LogP contribution in [0.4, 0.5) is 0 Å². The van der Waals surface area contributed by atoms with E-state index in [0.717, 1.165) is 5.56 Å². The largest absolute Gasteiger partial charge is 0.382 e. The molecule has 0 bridgehead atoms. The van der Waals surface area contributed by atoms with Crippen molar-refractivity contribution in [3.05, 3.63) is 42.0 Å². The highest BCUT2D eigenvalue weighted by molar-refractivity contribution is 5.88. The summed E-state index contributed by atoms with van der Waals surface area (Å²) in [6.45, 7) is 5.24. The molecule has 0 aromatic heterocycles. The molecule has 0 amide bonds. The zero-order valence-electron chi connectivity index (χ0n) is 10.3. The van der Waals surface area contributed by atoms with Crippen molar-refractivity contribution in [1.29, 1.82) is 0 Å². The van der Waals surface area contributed by atoms with E-state index in [1.807, 2.05) is 26.0 Å². The highest BCUT2D eigenvalue weighted by Crippen LogP contribution is 2.06. The molecule has 4 heteroatoms. The van der Waals surface area contributed by atoms with Gasteiger partial charge in [0, 0.05) is 13.5 Å². The third kappa shape index (κ3) is 4.97. The summed E-state index contributed by atoms with van der Waals surface area (Å²) in [5.41, 5.74) is 1.55. The van der Waals surface area contributed by atoms with Crippen LogP contribution in [0.25, 0.3) is 0 Å². The molecule has 1 aromatic carbocycles. The molecular formula is C13H17O4. The molecule has 0 aliphatic heterocycles. The van der Waals surface area contributed by atoms with Crippen molar-refractivity contribution in [2.45, 2.75) is 26.4 Å². The molecule has 4 nitrogen and oxygen atoms in total. The molecule has 0 N–H and O–H groups in total. The maximum atomic E-state index is 11.5. The van der Waals surface area contributed by atoms with Crippen LogP contribution in [0.15, 0.2) is 24.3 Å². The monoisotopic (exact) mass is 237 g/mol. The SMILES string of the molecule is COC(C)C[CH]OOC(=O)c1ccc(C)cc1. The average Bonchev–Trinajstić information content (AvgIpc) is 2.34. The highest BCUT2D eigenvalue weighted by atomic mass is 17.2. The quantitative estimate of drug-likeness (QED) is 0.433. The van der Waals surface area contributed by atoms with Gasteiger partial charge in [-0.25, -0.2) is 4.79 Å². The summed E-state index contributed by atoms with van der Waals surface area (Å²) in [4.78, 5) is 20.8. The highest BCUT2D eigenvalue weighted by Gasteiger charge is 2.08. The molecule has 0 aliphatic carbocycles. The summed E-state index contributed by atoms with van der Waals surface area (Å²) in [7, 11) is 1.61. The second kappa shape index (κ2) is 7.04. The van der Waals surface area contributed by atoms with E-state index < -0.39 is 5.97 Å². The van der Waals surface area contributed by atoms with Crippen LogP contribution in [-0.4, -0.2) is 19.2 Å². The number of rotatable bonds is 6. The number of methoxy groups -OCH3 is 1. The fourth-order valence-corrected chi connectivity index (χ4v) is 1.09. The lowest BCUT2D eigenvalue weighted by molar-refractivity contribution is -0.215. The van der Waals surface area contributed by atoms with E-state index in [4.69, 9.17) is 9.62 Å².